The Morgan fingerprint density at radius 2 is 2.00 bits per heavy atom. The van der Waals surface area contributed by atoms with Gasteiger partial charge in [-0.3, -0.25) is 4.21 Å². The molecule has 94 valence electrons. The molecule has 1 atom stereocenters. The van der Waals surface area contributed by atoms with Crippen molar-refractivity contribution in [3.8, 4) is 0 Å². The highest BCUT2D eigenvalue weighted by atomic mass is 32.2. The molecule has 0 aliphatic rings. The first-order valence-corrected chi connectivity index (χ1v) is 6.86. The van der Waals surface area contributed by atoms with E-state index < -0.39 is 16.6 Å². The Balaban J connectivity index is 2.22. The van der Waals surface area contributed by atoms with Gasteiger partial charge < -0.3 is 5.73 Å². The maximum Gasteiger partial charge on any atom is 0.126 e. The van der Waals surface area contributed by atoms with Crippen LogP contribution in [0.4, 0.5) is 10.1 Å². The molecular weight excluding hydrogens is 249 g/mol. The van der Waals surface area contributed by atoms with Crippen LogP contribution in [-0.4, -0.2) is 4.21 Å². The van der Waals surface area contributed by atoms with E-state index in [2.05, 4.69) is 0 Å². The second-order valence-electron chi connectivity index (χ2n) is 4.20. The zero-order chi connectivity index (χ0) is 13.1. The number of nitrogens with two attached hydrogens (primary N) is 1. The van der Waals surface area contributed by atoms with Gasteiger partial charge in [-0.2, -0.15) is 0 Å². The van der Waals surface area contributed by atoms with Crippen molar-refractivity contribution in [1.82, 2.24) is 0 Å². The highest BCUT2D eigenvalue weighted by Crippen LogP contribution is 2.17. The van der Waals surface area contributed by atoms with Gasteiger partial charge in [-0.15, -0.1) is 0 Å². The normalized spacial score (nSPS) is 12.3. The van der Waals surface area contributed by atoms with Crippen molar-refractivity contribution in [1.29, 1.82) is 0 Å². The van der Waals surface area contributed by atoms with E-state index in [9.17, 15) is 8.60 Å². The Bertz CT molecular complexity index is 578. The molecule has 0 amide bonds. The smallest absolute Gasteiger partial charge is 0.126 e. The summed E-state index contributed by atoms with van der Waals surface area (Å²) in [6.45, 7) is 1.98. The third kappa shape index (κ3) is 3.17. The largest absolute Gasteiger partial charge is 0.399 e. The molecular formula is C14H14FNOS. The summed E-state index contributed by atoms with van der Waals surface area (Å²) in [5, 5.41) is 0. The molecule has 0 fully saturated rings. The number of nitrogen functional groups attached to an aromatic ring is 1. The van der Waals surface area contributed by atoms with Gasteiger partial charge in [-0.1, -0.05) is 29.8 Å². The zero-order valence-electron chi connectivity index (χ0n) is 10.0. The summed E-state index contributed by atoms with van der Waals surface area (Å²) in [5.41, 5.74) is 7.92. The lowest BCUT2D eigenvalue weighted by Gasteiger charge is -2.05. The lowest BCUT2D eigenvalue weighted by Crippen LogP contribution is -1.99. The number of hydrogen-bond donors (Lipinski definition) is 1. The minimum absolute atomic E-state index is 0.294. The molecule has 2 nitrogen and oxygen atoms in total. The summed E-state index contributed by atoms with van der Waals surface area (Å²) in [6, 6.07) is 11.8. The number of rotatable bonds is 3. The molecule has 0 heterocycles. The second kappa shape index (κ2) is 5.31. The highest BCUT2D eigenvalue weighted by Gasteiger charge is 2.08. The van der Waals surface area contributed by atoms with Crippen LogP contribution in [0.5, 0.6) is 0 Å². The molecule has 2 rings (SSSR count). The molecule has 0 saturated heterocycles. The van der Waals surface area contributed by atoms with Gasteiger partial charge in [-0.05, 0) is 30.7 Å². The van der Waals surface area contributed by atoms with Crippen LogP contribution in [-0.2, 0) is 16.6 Å². The molecule has 0 bridgehead atoms. The molecule has 1 unspecified atom stereocenters. The van der Waals surface area contributed by atoms with Gasteiger partial charge in [0.05, 0.1) is 16.6 Å². The molecule has 0 aromatic heterocycles. The summed E-state index contributed by atoms with van der Waals surface area (Å²) in [5.74, 6) is -0.0903. The van der Waals surface area contributed by atoms with Crippen molar-refractivity contribution < 1.29 is 8.60 Å². The quantitative estimate of drug-likeness (QED) is 0.865. The topological polar surface area (TPSA) is 43.1 Å². The van der Waals surface area contributed by atoms with E-state index in [1.807, 2.05) is 31.2 Å². The molecule has 4 heteroatoms. The molecule has 0 aliphatic carbocycles. The SMILES string of the molecule is Cc1cccc(CS(=O)c2cc(N)cc(F)c2)c1. The standard InChI is InChI=1S/C14H14FNOS/c1-10-3-2-4-11(5-10)9-18(17)14-7-12(15)6-13(16)8-14/h2-8H,9,16H2,1H3. The van der Waals surface area contributed by atoms with Gasteiger partial charge in [-0.25, -0.2) is 4.39 Å². The van der Waals surface area contributed by atoms with E-state index >= 15 is 0 Å². The maximum absolute atomic E-state index is 13.2. The van der Waals surface area contributed by atoms with E-state index in [4.69, 9.17) is 5.73 Å². The summed E-state index contributed by atoms with van der Waals surface area (Å²) >= 11 is 0. The van der Waals surface area contributed by atoms with Gasteiger partial charge in [0.15, 0.2) is 0 Å². The fraction of sp³-hybridized carbons (Fsp3) is 0.143. The zero-order valence-corrected chi connectivity index (χ0v) is 10.8. The monoisotopic (exact) mass is 263 g/mol. The second-order valence-corrected chi connectivity index (χ2v) is 5.65. The van der Waals surface area contributed by atoms with Crippen LogP contribution in [0.2, 0.25) is 0 Å². The van der Waals surface area contributed by atoms with Gasteiger partial charge in [0.25, 0.3) is 0 Å². The number of halogens is 1. The summed E-state index contributed by atoms with van der Waals surface area (Å²) < 4.78 is 25.3. The van der Waals surface area contributed by atoms with Crippen LogP contribution in [0, 0.1) is 12.7 Å². The van der Waals surface area contributed by atoms with E-state index in [1.54, 1.807) is 6.07 Å². The predicted molar refractivity (Wildman–Crippen MR) is 72.1 cm³/mol. The molecule has 2 N–H and O–H groups in total. The summed E-state index contributed by atoms with van der Waals surface area (Å²) in [7, 11) is -1.28. The van der Waals surface area contributed by atoms with Crippen LogP contribution >= 0.6 is 0 Å². The average Bonchev–Trinajstić information content (AvgIpc) is 2.27. The van der Waals surface area contributed by atoms with E-state index in [0.29, 0.717) is 16.3 Å². The fourth-order valence-corrected chi connectivity index (χ4v) is 2.91. The number of anilines is 1. The van der Waals surface area contributed by atoms with Crippen LogP contribution < -0.4 is 5.73 Å². The Morgan fingerprint density at radius 1 is 1.22 bits per heavy atom. The molecule has 0 spiro atoms. The molecule has 18 heavy (non-hydrogen) atoms. The average molecular weight is 263 g/mol. The van der Waals surface area contributed by atoms with E-state index in [0.717, 1.165) is 11.1 Å². The third-order valence-electron chi connectivity index (χ3n) is 2.54. The Hall–Kier alpha value is -1.68. The van der Waals surface area contributed by atoms with Gasteiger partial charge in [0.1, 0.15) is 5.82 Å². The van der Waals surface area contributed by atoms with E-state index in [1.165, 1.54) is 12.1 Å². The lowest BCUT2D eigenvalue weighted by atomic mass is 10.2. The van der Waals surface area contributed by atoms with Gasteiger partial charge in [0.2, 0.25) is 0 Å². The lowest BCUT2D eigenvalue weighted by molar-refractivity contribution is 0.623. The number of benzene rings is 2. The first-order chi connectivity index (χ1) is 8.54. The minimum atomic E-state index is -1.28. The molecule has 2 aromatic carbocycles. The Labute approximate surface area is 108 Å². The van der Waals surface area contributed by atoms with Gasteiger partial charge >= 0.3 is 0 Å². The molecule has 2 aromatic rings. The summed E-state index contributed by atoms with van der Waals surface area (Å²) in [4.78, 5) is 0.425. The van der Waals surface area contributed by atoms with Crippen LogP contribution in [0.1, 0.15) is 11.1 Å². The van der Waals surface area contributed by atoms with Gasteiger partial charge in [0, 0.05) is 10.6 Å². The highest BCUT2D eigenvalue weighted by molar-refractivity contribution is 7.84. The first-order valence-electron chi connectivity index (χ1n) is 5.54. The fourth-order valence-electron chi connectivity index (χ4n) is 1.75. The van der Waals surface area contributed by atoms with E-state index in [-0.39, 0.29) is 0 Å². The predicted octanol–water partition coefficient (Wildman–Crippen LogP) is 3.02. The number of hydrogen-bond acceptors (Lipinski definition) is 2. The maximum atomic E-state index is 13.2. The third-order valence-corrected chi connectivity index (χ3v) is 3.89. The van der Waals surface area contributed by atoms with Crippen molar-refractivity contribution in [3.05, 3.63) is 59.4 Å². The Kier molecular flexibility index (Phi) is 3.77. The molecule has 0 saturated carbocycles. The van der Waals surface area contributed by atoms with Crippen LogP contribution in [0.25, 0.3) is 0 Å². The Morgan fingerprint density at radius 3 is 2.67 bits per heavy atom. The summed E-state index contributed by atoms with van der Waals surface area (Å²) in [6.07, 6.45) is 0. The first kappa shape index (κ1) is 12.8. The van der Waals surface area contributed by atoms with Crippen LogP contribution in [0.15, 0.2) is 47.4 Å². The van der Waals surface area contributed by atoms with Crippen molar-refractivity contribution in [2.24, 2.45) is 0 Å². The number of aryl methyl sites for hydroxylation is 1. The minimum Gasteiger partial charge on any atom is -0.399 e. The molecule has 0 radical (unpaired) electrons. The van der Waals surface area contributed by atoms with Crippen molar-refractivity contribution >= 4 is 16.5 Å². The van der Waals surface area contributed by atoms with Crippen molar-refractivity contribution in [3.63, 3.8) is 0 Å². The molecule has 0 aliphatic heterocycles. The van der Waals surface area contributed by atoms with Crippen molar-refractivity contribution in [2.45, 2.75) is 17.6 Å². The van der Waals surface area contributed by atoms with Crippen molar-refractivity contribution in [2.75, 3.05) is 5.73 Å². The van der Waals surface area contributed by atoms with Crippen LogP contribution in [0.3, 0.4) is 0 Å².